The van der Waals surface area contributed by atoms with Crippen molar-refractivity contribution < 1.29 is 13.2 Å². The lowest BCUT2D eigenvalue weighted by Gasteiger charge is -2.31. The lowest BCUT2D eigenvalue weighted by Crippen LogP contribution is -2.29. The third-order valence-electron chi connectivity index (χ3n) is 3.27. The Balaban J connectivity index is 2.23. The predicted octanol–water partition coefficient (Wildman–Crippen LogP) is 1.12. The maximum atomic E-state index is 10.7. The van der Waals surface area contributed by atoms with Crippen LogP contribution in [0.1, 0.15) is 33.1 Å². The van der Waals surface area contributed by atoms with Crippen molar-refractivity contribution in [3.8, 4) is 0 Å². The Kier molecular flexibility index (Phi) is 4.55. The minimum Gasteiger partial charge on any atom is -0.377 e. The first-order chi connectivity index (χ1) is 6.88. The van der Waals surface area contributed by atoms with Crippen LogP contribution in [0.25, 0.3) is 0 Å². The largest absolute Gasteiger partial charge is 0.377 e. The van der Waals surface area contributed by atoms with E-state index in [9.17, 15) is 8.42 Å². The Morgan fingerprint density at radius 2 is 1.93 bits per heavy atom. The number of primary sulfonamides is 1. The van der Waals surface area contributed by atoms with Gasteiger partial charge < -0.3 is 4.74 Å². The van der Waals surface area contributed by atoms with Crippen molar-refractivity contribution in [2.45, 2.75) is 39.2 Å². The zero-order valence-electron chi connectivity index (χ0n) is 9.48. The normalized spacial score (nSPS) is 32.9. The molecule has 5 heteroatoms. The zero-order chi connectivity index (χ0) is 11.5. The van der Waals surface area contributed by atoms with E-state index in [4.69, 9.17) is 9.88 Å². The van der Waals surface area contributed by atoms with Gasteiger partial charge in [0.15, 0.2) is 0 Å². The second-order valence-corrected chi connectivity index (χ2v) is 6.36. The van der Waals surface area contributed by atoms with Crippen molar-refractivity contribution in [1.82, 2.24) is 0 Å². The smallest absolute Gasteiger partial charge is 0.211 e. The first-order valence-electron chi connectivity index (χ1n) is 5.50. The van der Waals surface area contributed by atoms with Gasteiger partial charge in [-0.05, 0) is 31.1 Å². The fourth-order valence-electron chi connectivity index (χ4n) is 1.98. The fraction of sp³-hybridized carbons (Fsp3) is 1.00. The quantitative estimate of drug-likeness (QED) is 0.793. The monoisotopic (exact) mass is 235 g/mol. The summed E-state index contributed by atoms with van der Waals surface area (Å²) in [6.07, 6.45) is 3.46. The van der Waals surface area contributed by atoms with E-state index in [2.05, 4.69) is 13.8 Å². The molecule has 0 bridgehead atoms. The molecule has 4 nitrogen and oxygen atoms in total. The average Bonchev–Trinajstić information content (AvgIpc) is 2.09. The van der Waals surface area contributed by atoms with E-state index in [1.54, 1.807) is 0 Å². The molecule has 0 heterocycles. The predicted molar refractivity (Wildman–Crippen MR) is 59.9 cm³/mol. The molecule has 0 spiro atoms. The van der Waals surface area contributed by atoms with Gasteiger partial charge in [0.25, 0.3) is 0 Å². The summed E-state index contributed by atoms with van der Waals surface area (Å²) in [6, 6.07) is 0. The molecule has 1 rings (SSSR count). The van der Waals surface area contributed by atoms with Crippen molar-refractivity contribution in [1.29, 1.82) is 0 Å². The molecule has 1 saturated carbocycles. The summed E-state index contributed by atoms with van der Waals surface area (Å²) < 4.78 is 26.9. The lowest BCUT2D eigenvalue weighted by molar-refractivity contribution is 0.0103. The topological polar surface area (TPSA) is 69.4 Å². The van der Waals surface area contributed by atoms with E-state index in [0.717, 1.165) is 18.8 Å². The molecule has 2 N–H and O–H groups in total. The van der Waals surface area contributed by atoms with E-state index >= 15 is 0 Å². The Bertz CT molecular complexity index is 289. The van der Waals surface area contributed by atoms with Crippen LogP contribution in [0.5, 0.6) is 0 Å². The van der Waals surface area contributed by atoms with Gasteiger partial charge in [-0.3, -0.25) is 0 Å². The molecular formula is C10H21NO3S. The third kappa shape index (κ3) is 4.95. The van der Waals surface area contributed by atoms with Crippen LogP contribution in [0.2, 0.25) is 0 Å². The van der Waals surface area contributed by atoms with Crippen molar-refractivity contribution in [3.63, 3.8) is 0 Å². The molecule has 0 radical (unpaired) electrons. The Hall–Kier alpha value is -0.130. The van der Waals surface area contributed by atoms with Gasteiger partial charge in [0.2, 0.25) is 10.0 Å². The number of ether oxygens (including phenoxy) is 1. The number of rotatable bonds is 4. The Morgan fingerprint density at radius 1 is 1.27 bits per heavy atom. The standard InChI is InChI=1S/C10H21NO3S/c1-8-3-4-10(7-9(8)2)14-5-6-15(11,12)13/h8-10H,3-7H2,1-2H3,(H2,11,12,13). The van der Waals surface area contributed by atoms with Gasteiger partial charge in [-0.15, -0.1) is 0 Å². The molecule has 1 fully saturated rings. The minimum atomic E-state index is -3.37. The third-order valence-corrected chi connectivity index (χ3v) is 4.01. The molecule has 0 aliphatic heterocycles. The van der Waals surface area contributed by atoms with Crippen LogP contribution in [0.15, 0.2) is 0 Å². The summed E-state index contributed by atoms with van der Waals surface area (Å²) >= 11 is 0. The molecule has 3 unspecified atom stereocenters. The summed E-state index contributed by atoms with van der Waals surface area (Å²) in [7, 11) is -3.37. The highest BCUT2D eigenvalue weighted by Gasteiger charge is 2.24. The van der Waals surface area contributed by atoms with Crippen molar-refractivity contribution in [2.75, 3.05) is 12.4 Å². The number of nitrogens with two attached hydrogens (primary N) is 1. The molecule has 0 aromatic rings. The van der Waals surface area contributed by atoms with Gasteiger partial charge in [0, 0.05) is 0 Å². The molecule has 0 aromatic carbocycles. The van der Waals surface area contributed by atoms with Gasteiger partial charge in [-0.25, -0.2) is 13.6 Å². The number of hydrogen-bond donors (Lipinski definition) is 1. The minimum absolute atomic E-state index is 0.0760. The molecule has 0 aromatic heterocycles. The molecule has 15 heavy (non-hydrogen) atoms. The highest BCUT2D eigenvalue weighted by Crippen LogP contribution is 2.30. The van der Waals surface area contributed by atoms with Crippen LogP contribution in [0, 0.1) is 11.8 Å². The summed E-state index contributed by atoms with van der Waals surface area (Å²) in [5.74, 6) is 1.34. The number of sulfonamides is 1. The first kappa shape index (κ1) is 12.9. The highest BCUT2D eigenvalue weighted by molar-refractivity contribution is 7.89. The van der Waals surface area contributed by atoms with Crippen LogP contribution in [-0.4, -0.2) is 26.9 Å². The van der Waals surface area contributed by atoms with E-state index in [1.165, 1.54) is 6.42 Å². The molecule has 3 atom stereocenters. The molecular weight excluding hydrogens is 214 g/mol. The van der Waals surface area contributed by atoms with E-state index in [-0.39, 0.29) is 18.5 Å². The second-order valence-electron chi connectivity index (χ2n) is 4.63. The number of hydrogen-bond acceptors (Lipinski definition) is 3. The molecule has 1 aliphatic carbocycles. The van der Waals surface area contributed by atoms with Crippen LogP contribution < -0.4 is 5.14 Å². The summed E-state index contributed by atoms with van der Waals surface area (Å²) in [5, 5.41) is 4.89. The Morgan fingerprint density at radius 3 is 2.47 bits per heavy atom. The fourth-order valence-corrected chi connectivity index (χ4v) is 2.31. The Labute approximate surface area is 92.2 Å². The first-order valence-corrected chi connectivity index (χ1v) is 7.22. The van der Waals surface area contributed by atoms with E-state index in [0.29, 0.717) is 5.92 Å². The maximum absolute atomic E-state index is 10.7. The molecule has 90 valence electrons. The van der Waals surface area contributed by atoms with Crippen molar-refractivity contribution in [2.24, 2.45) is 17.0 Å². The van der Waals surface area contributed by atoms with Crippen LogP contribution >= 0.6 is 0 Å². The van der Waals surface area contributed by atoms with Gasteiger partial charge in [0.1, 0.15) is 0 Å². The van der Waals surface area contributed by atoms with Crippen molar-refractivity contribution in [3.05, 3.63) is 0 Å². The highest BCUT2D eigenvalue weighted by atomic mass is 32.2. The average molecular weight is 235 g/mol. The zero-order valence-corrected chi connectivity index (χ0v) is 10.3. The van der Waals surface area contributed by atoms with Gasteiger partial charge >= 0.3 is 0 Å². The van der Waals surface area contributed by atoms with E-state index < -0.39 is 10.0 Å². The lowest BCUT2D eigenvalue weighted by atomic mass is 9.80. The van der Waals surface area contributed by atoms with Crippen molar-refractivity contribution >= 4 is 10.0 Å². The molecule has 1 aliphatic rings. The van der Waals surface area contributed by atoms with Crippen LogP contribution in [0.3, 0.4) is 0 Å². The maximum Gasteiger partial charge on any atom is 0.211 e. The van der Waals surface area contributed by atoms with Gasteiger partial charge in [0.05, 0.1) is 18.5 Å². The van der Waals surface area contributed by atoms with Gasteiger partial charge in [-0.2, -0.15) is 0 Å². The van der Waals surface area contributed by atoms with Crippen LogP contribution in [-0.2, 0) is 14.8 Å². The van der Waals surface area contributed by atoms with Gasteiger partial charge in [-0.1, -0.05) is 13.8 Å². The summed E-state index contributed by atoms with van der Waals surface area (Å²) in [6.45, 7) is 4.70. The molecule has 0 saturated heterocycles. The molecule has 0 amide bonds. The van der Waals surface area contributed by atoms with Crippen LogP contribution in [0.4, 0.5) is 0 Å². The van der Waals surface area contributed by atoms with E-state index in [1.807, 2.05) is 0 Å². The SMILES string of the molecule is CC1CCC(OCCS(N)(=O)=O)CC1C. The summed E-state index contributed by atoms with van der Waals surface area (Å²) in [5.41, 5.74) is 0. The summed E-state index contributed by atoms with van der Waals surface area (Å²) in [4.78, 5) is 0. The second kappa shape index (κ2) is 5.27.